The molecule has 0 spiro atoms. The number of ether oxygens (including phenoxy) is 1. The molecule has 3 fully saturated rings. The highest BCUT2D eigenvalue weighted by Gasteiger charge is 2.59. The summed E-state index contributed by atoms with van der Waals surface area (Å²) in [5.41, 5.74) is 4.43. The van der Waals surface area contributed by atoms with E-state index in [2.05, 4.69) is 59.4 Å². The first kappa shape index (κ1) is 28.3. The van der Waals surface area contributed by atoms with Crippen LogP contribution in [0.1, 0.15) is 127 Å². The molecule has 2 nitrogen and oxygen atoms in total. The second-order valence-electron chi connectivity index (χ2n) is 14.5. The van der Waals surface area contributed by atoms with Gasteiger partial charge in [0, 0.05) is 5.56 Å². The summed E-state index contributed by atoms with van der Waals surface area (Å²) in [6.07, 6.45) is 17.4. The van der Waals surface area contributed by atoms with Crippen molar-refractivity contribution in [3.8, 4) is 5.75 Å². The van der Waals surface area contributed by atoms with Gasteiger partial charge in [0.05, 0.1) is 7.11 Å². The third-order valence-electron chi connectivity index (χ3n) is 12.2. The van der Waals surface area contributed by atoms with Crippen molar-refractivity contribution >= 4 is 17.7 Å². The van der Waals surface area contributed by atoms with E-state index in [0.29, 0.717) is 16.7 Å². The van der Waals surface area contributed by atoms with Gasteiger partial charge in [0.25, 0.3) is 0 Å². The molecule has 0 N–H and O–H groups in total. The van der Waals surface area contributed by atoms with E-state index in [-0.39, 0.29) is 5.12 Å². The highest BCUT2D eigenvalue weighted by Crippen LogP contribution is 2.68. The van der Waals surface area contributed by atoms with Gasteiger partial charge in [-0.1, -0.05) is 65.5 Å². The number of allylic oxidation sites excluding steroid dienone is 2. The number of thiol groups is 1. The molecule has 0 aliphatic heterocycles. The Morgan fingerprint density at radius 3 is 2.55 bits per heavy atom. The van der Waals surface area contributed by atoms with Crippen molar-refractivity contribution in [3.63, 3.8) is 0 Å². The molecule has 5 rings (SSSR count). The maximum atomic E-state index is 12.3. The number of benzene rings is 1. The van der Waals surface area contributed by atoms with Crippen molar-refractivity contribution in [2.45, 2.75) is 111 Å². The van der Waals surface area contributed by atoms with Gasteiger partial charge < -0.3 is 4.74 Å². The molecule has 0 saturated heterocycles. The van der Waals surface area contributed by atoms with Gasteiger partial charge >= 0.3 is 0 Å². The maximum Gasteiger partial charge on any atom is 0.216 e. The molecule has 4 aliphatic carbocycles. The van der Waals surface area contributed by atoms with Crippen LogP contribution >= 0.6 is 12.6 Å². The smallest absolute Gasteiger partial charge is 0.216 e. The topological polar surface area (TPSA) is 26.3 Å². The SMILES string of the molecule is COc1ccc(C(=O)S)c([C@H]2CC[C@@]3(C)C(=CC[C@H]4[C@@H]5CC[C@H]([C@H](C)CCCC(C)C)[C@@]5(C)CC[C@@H]43)C2)c1. The third kappa shape index (κ3) is 4.92. The molecule has 0 bridgehead atoms. The molecule has 0 aromatic heterocycles. The Morgan fingerprint density at radius 1 is 1.05 bits per heavy atom. The molecule has 38 heavy (non-hydrogen) atoms. The number of carbonyl (C=O) groups is 1. The molecule has 0 heterocycles. The summed E-state index contributed by atoms with van der Waals surface area (Å²) < 4.78 is 5.53. The molecule has 1 aromatic carbocycles. The van der Waals surface area contributed by atoms with E-state index in [4.69, 9.17) is 4.74 Å². The second-order valence-corrected chi connectivity index (χ2v) is 14.9. The van der Waals surface area contributed by atoms with E-state index in [0.717, 1.165) is 65.2 Å². The zero-order chi connectivity index (χ0) is 27.2. The molecule has 210 valence electrons. The summed E-state index contributed by atoms with van der Waals surface area (Å²) in [6.45, 7) is 12.6. The highest BCUT2D eigenvalue weighted by molar-refractivity contribution is 7.97. The van der Waals surface area contributed by atoms with Crippen molar-refractivity contribution in [2.75, 3.05) is 7.11 Å². The van der Waals surface area contributed by atoms with Gasteiger partial charge in [-0.3, -0.25) is 4.79 Å². The van der Waals surface area contributed by atoms with E-state index in [1.807, 2.05) is 12.1 Å². The fourth-order valence-corrected chi connectivity index (χ4v) is 10.4. The fourth-order valence-electron chi connectivity index (χ4n) is 10.2. The summed E-state index contributed by atoms with van der Waals surface area (Å²) in [4.78, 5) is 12.3. The number of methoxy groups -OCH3 is 1. The van der Waals surface area contributed by atoms with Crippen LogP contribution in [0.4, 0.5) is 0 Å². The Labute approximate surface area is 238 Å². The first-order chi connectivity index (χ1) is 18.1. The molecule has 1 aromatic rings. The van der Waals surface area contributed by atoms with Crippen LogP contribution in [0.3, 0.4) is 0 Å². The molecular weight excluding hydrogens is 484 g/mol. The van der Waals surface area contributed by atoms with Gasteiger partial charge in [0.15, 0.2) is 0 Å². The standard InChI is InChI=1S/C35H52O2S/c1-22(2)8-7-9-23(3)30-14-15-31-28-12-10-25-20-24(29-21-26(37-6)11-13-27(29)33(36)38)16-18-34(25,4)32(28)17-19-35(30,31)5/h10-11,13,21-24,28,30-32H,7-9,12,14-20H2,1-6H3,(H,36,38)/t23-,24+,28+,30-,31+,32+,34+,35-/m1/s1. The normalized spacial score (nSPS) is 37.2. The third-order valence-corrected chi connectivity index (χ3v) is 12.5. The predicted molar refractivity (Wildman–Crippen MR) is 162 cm³/mol. The largest absolute Gasteiger partial charge is 0.497 e. The van der Waals surface area contributed by atoms with Crippen molar-refractivity contribution < 1.29 is 9.53 Å². The Kier molecular flexibility index (Phi) is 8.18. The van der Waals surface area contributed by atoms with Crippen molar-refractivity contribution in [2.24, 2.45) is 46.3 Å². The van der Waals surface area contributed by atoms with E-state index in [1.165, 1.54) is 57.8 Å². The molecule has 0 amide bonds. The minimum absolute atomic E-state index is 0.130. The van der Waals surface area contributed by atoms with Crippen LogP contribution < -0.4 is 4.74 Å². The molecule has 0 unspecified atom stereocenters. The lowest BCUT2D eigenvalue weighted by molar-refractivity contribution is -0.0510. The quantitative estimate of drug-likeness (QED) is 0.264. The Bertz CT molecular complexity index is 1060. The van der Waals surface area contributed by atoms with E-state index in [9.17, 15) is 4.79 Å². The lowest BCUT2D eigenvalue weighted by Gasteiger charge is -2.58. The lowest BCUT2D eigenvalue weighted by Crippen LogP contribution is -2.50. The molecule has 4 aliphatic rings. The monoisotopic (exact) mass is 536 g/mol. The molecule has 0 radical (unpaired) electrons. The summed E-state index contributed by atoms with van der Waals surface area (Å²) in [5, 5.41) is -0.130. The van der Waals surface area contributed by atoms with Gasteiger partial charge in [0.2, 0.25) is 5.12 Å². The number of rotatable bonds is 8. The molecule has 3 saturated carbocycles. The van der Waals surface area contributed by atoms with E-state index in [1.54, 1.807) is 12.7 Å². The fraction of sp³-hybridized carbons (Fsp3) is 0.743. The van der Waals surface area contributed by atoms with Gasteiger partial charge in [0.1, 0.15) is 5.75 Å². The second kappa shape index (κ2) is 11.0. The van der Waals surface area contributed by atoms with E-state index >= 15 is 0 Å². The number of hydrogen-bond donors (Lipinski definition) is 1. The highest BCUT2D eigenvalue weighted by atomic mass is 32.1. The van der Waals surface area contributed by atoms with Crippen LogP contribution in [0.25, 0.3) is 0 Å². The van der Waals surface area contributed by atoms with Crippen LogP contribution in [-0.2, 0) is 0 Å². The van der Waals surface area contributed by atoms with E-state index < -0.39 is 0 Å². The minimum atomic E-state index is -0.130. The Balaban J connectivity index is 1.34. The summed E-state index contributed by atoms with van der Waals surface area (Å²) >= 11 is 4.21. The average molecular weight is 537 g/mol. The first-order valence-electron chi connectivity index (χ1n) is 15.7. The average Bonchev–Trinajstić information content (AvgIpc) is 3.24. The van der Waals surface area contributed by atoms with Crippen LogP contribution in [-0.4, -0.2) is 12.2 Å². The predicted octanol–water partition coefficient (Wildman–Crippen LogP) is 9.89. The molecular formula is C35H52O2S. The Morgan fingerprint density at radius 2 is 1.84 bits per heavy atom. The summed E-state index contributed by atoms with van der Waals surface area (Å²) in [6, 6.07) is 5.89. The van der Waals surface area contributed by atoms with Crippen molar-refractivity contribution in [3.05, 3.63) is 41.0 Å². The minimum Gasteiger partial charge on any atom is -0.497 e. The molecule has 8 atom stereocenters. The van der Waals surface area contributed by atoms with Crippen molar-refractivity contribution in [1.82, 2.24) is 0 Å². The lowest BCUT2D eigenvalue weighted by atomic mass is 9.46. The zero-order valence-corrected chi connectivity index (χ0v) is 25.8. The van der Waals surface area contributed by atoms with Gasteiger partial charge in [-0.15, -0.1) is 12.6 Å². The number of fused-ring (bicyclic) bond motifs is 5. The van der Waals surface area contributed by atoms with Crippen LogP contribution in [0.15, 0.2) is 29.8 Å². The van der Waals surface area contributed by atoms with Gasteiger partial charge in [-0.05, 0) is 127 Å². The van der Waals surface area contributed by atoms with Crippen LogP contribution in [0.5, 0.6) is 5.75 Å². The van der Waals surface area contributed by atoms with Crippen LogP contribution in [0, 0.1) is 46.3 Å². The number of carbonyl (C=O) groups excluding carboxylic acids is 1. The summed E-state index contributed by atoms with van der Waals surface area (Å²) in [7, 11) is 1.71. The summed E-state index contributed by atoms with van der Waals surface area (Å²) in [5.74, 6) is 6.42. The first-order valence-corrected chi connectivity index (χ1v) is 16.1. The number of hydrogen-bond acceptors (Lipinski definition) is 2. The Hall–Kier alpha value is -1.22. The van der Waals surface area contributed by atoms with Gasteiger partial charge in [-0.2, -0.15) is 0 Å². The van der Waals surface area contributed by atoms with Crippen LogP contribution in [0.2, 0.25) is 0 Å². The molecule has 3 heteroatoms. The zero-order valence-electron chi connectivity index (χ0n) is 24.9. The van der Waals surface area contributed by atoms with Crippen molar-refractivity contribution in [1.29, 1.82) is 0 Å². The maximum absolute atomic E-state index is 12.3. The van der Waals surface area contributed by atoms with Gasteiger partial charge in [-0.25, -0.2) is 0 Å².